The second-order valence-electron chi connectivity index (χ2n) is 10.6. The molecule has 1 amide bonds. The Labute approximate surface area is 223 Å². The maximum atomic E-state index is 13.5. The van der Waals surface area contributed by atoms with Gasteiger partial charge in [-0.3, -0.25) is 4.79 Å². The lowest BCUT2D eigenvalue weighted by molar-refractivity contribution is 0.0981. The summed E-state index contributed by atoms with van der Waals surface area (Å²) in [4.78, 5) is 28.8. The van der Waals surface area contributed by atoms with Crippen LogP contribution >= 0.6 is 0 Å². The number of carbonyl (C=O) groups is 1. The Morgan fingerprint density at radius 2 is 1.95 bits per heavy atom. The van der Waals surface area contributed by atoms with Crippen LogP contribution < -0.4 is 20.1 Å². The number of nitrogen functional groups attached to an aromatic ring is 1. The summed E-state index contributed by atoms with van der Waals surface area (Å²) >= 11 is 0. The normalized spacial score (nSPS) is 17.0. The van der Waals surface area contributed by atoms with Gasteiger partial charge >= 0.3 is 0 Å². The summed E-state index contributed by atoms with van der Waals surface area (Å²) in [5.41, 5.74) is 7.62. The number of pyridine rings is 3. The first-order chi connectivity index (χ1) is 17.8. The minimum absolute atomic E-state index is 0.00389. The summed E-state index contributed by atoms with van der Waals surface area (Å²) in [6.45, 7) is 12.7. The quantitative estimate of drug-likeness (QED) is 0.457. The third-order valence-corrected chi connectivity index (χ3v) is 7.61. The molecule has 1 aliphatic rings. The number of nitrogens with one attached hydrogen (secondary N) is 1. The van der Waals surface area contributed by atoms with Crippen molar-refractivity contribution in [2.75, 3.05) is 17.2 Å². The van der Waals surface area contributed by atoms with Crippen molar-refractivity contribution in [3.05, 3.63) is 53.7 Å². The van der Waals surface area contributed by atoms with E-state index in [0.29, 0.717) is 35.4 Å². The summed E-state index contributed by atoms with van der Waals surface area (Å²) in [6, 6.07) is 9.54. The van der Waals surface area contributed by atoms with Gasteiger partial charge in [-0.15, -0.1) is 0 Å². The Morgan fingerprint density at radius 1 is 1.21 bits per heavy atom. The van der Waals surface area contributed by atoms with E-state index in [1.165, 1.54) is 18.2 Å². The number of rotatable bonds is 7. The number of nitrogens with zero attached hydrogens (tertiary/aromatic N) is 4. The van der Waals surface area contributed by atoms with Crippen LogP contribution in [0.4, 0.5) is 11.6 Å². The molecule has 0 radical (unpaired) electrons. The number of amides is 1. The van der Waals surface area contributed by atoms with Crippen LogP contribution in [0.2, 0.25) is 0 Å². The highest BCUT2D eigenvalue weighted by atomic mass is 32.2. The molecule has 4 heterocycles. The largest absolute Gasteiger partial charge is 0.475 e. The van der Waals surface area contributed by atoms with Crippen LogP contribution in [-0.4, -0.2) is 47.5 Å². The predicted octanol–water partition coefficient (Wildman–Crippen LogP) is 3.96. The van der Waals surface area contributed by atoms with Crippen molar-refractivity contribution in [3.63, 3.8) is 0 Å². The fraction of sp³-hybridized carbons (Fsp3) is 0.407. The first-order valence-corrected chi connectivity index (χ1v) is 14.0. The summed E-state index contributed by atoms with van der Waals surface area (Å²) in [5.74, 6) is 0.527. The predicted molar refractivity (Wildman–Crippen MR) is 146 cm³/mol. The van der Waals surface area contributed by atoms with Gasteiger partial charge in [0, 0.05) is 29.9 Å². The lowest BCUT2D eigenvalue weighted by atomic mass is 9.97. The molecular formula is C27H34N6O4S. The van der Waals surface area contributed by atoms with Crippen molar-refractivity contribution in [1.29, 1.82) is 0 Å². The topological polar surface area (TPSA) is 140 Å². The Hall–Kier alpha value is -3.73. The molecule has 11 heteroatoms. The Morgan fingerprint density at radius 3 is 2.53 bits per heavy atom. The van der Waals surface area contributed by atoms with Gasteiger partial charge in [0.05, 0.1) is 17.4 Å². The number of hydrogen-bond donors (Lipinski definition) is 2. The van der Waals surface area contributed by atoms with Crippen LogP contribution in [0, 0.1) is 12.8 Å². The monoisotopic (exact) mass is 538 g/mol. The number of anilines is 2. The maximum absolute atomic E-state index is 13.5. The van der Waals surface area contributed by atoms with Crippen LogP contribution in [0.5, 0.6) is 5.88 Å². The van der Waals surface area contributed by atoms with Gasteiger partial charge in [-0.2, -0.15) is 8.42 Å². The molecule has 1 unspecified atom stereocenters. The second kappa shape index (κ2) is 10.2. The van der Waals surface area contributed by atoms with Crippen LogP contribution in [0.1, 0.15) is 57.0 Å². The molecule has 1 saturated heterocycles. The lowest BCUT2D eigenvalue weighted by Crippen LogP contribution is -2.41. The smallest absolute Gasteiger partial charge is 0.281 e. The molecule has 0 spiro atoms. The second-order valence-corrected chi connectivity index (χ2v) is 12.3. The van der Waals surface area contributed by atoms with Gasteiger partial charge < -0.3 is 15.4 Å². The molecule has 1 aliphatic heterocycles. The third-order valence-electron chi connectivity index (χ3n) is 6.38. The molecule has 0 aliphatic carbocycles. The van der Waals surface area contributed by atoms with Crippen molar-refractivity contribution in [2.45, 2.75) is 64.6 Å². The summed E-state index contributed by atoms with van der Waals surface area (Å²) in [7, 11) is -4.26. The highest BCUT2D eigenvalue weighted by Gasteiger charge is 2.39. The molecule has 0 saturated carbocycles. The fourth-order valence-electron chi connectivity index (χ4n) is 4.87. The Bertz CT molecular complexity index is 1450. The van der Waals surface area contributed by atoms with Crippen molar-refractivity contribution in [1.82, 2.24) is 19.7 Å². The zero-order valence-electron chi connectivity index (χ0n) is 22.5. The highest BCUT2D eigenvalue weighted by molar-refractivity contribution is 7.90. The Balaban J connectivity index is 1.78. The van der Waals surface area contributed by atoms with E-state index in [0.717, 1.165) is 12.0 Å². The van der Waals surface area contributed by atoms with Crippen molar-refractivity contribution < 1.29 is 17.9 Å². The molecule has 1 fully saturated rings. The number of nitrogens with two attached hydrogens (primary N) is 1. The summed E-state index contributed by atoms with van der Waals surface area (Å²) in [6.07, 6.45) is 2.58. The first kappa shape index (κ1) is 27.3. The van der Waals surface area contributed by atoms with E-state index in [1.807, 2.05) is 26.8 Å². The minimum atomic E-state index is -4.26. The fourth-order valence-corrected chi connectivity index (χ4v) is 5.81. The molecule has 0 bridgehead atoms. The molecule has 3 aromatic heterocycles. The zero-order chi connectivity index (χ0) is 27.8. The summed E-state index contributed by atoms with van der Waals surface area (Å²) in [5, 5.41) is -0.335. The minimum Gasteiger partial charge on any atom is -0.475 e. The van der Waals surface area contributed by atoms with Gasteiger partial charge in [0.1, 0.15) is 11.6 Å². The summed E-state index contributed by atoms with van der Waals surface area (Å²) < 4.78 is 33.7. The van der Waals surface area contributed by atoms with Gasteiger partial charge in [-0.25, -0.2) is 19.7 Å². The number of hydrogen-bond acceptors (Lipinski definition) is 9. The molecule has 3 N–H and O–H groups in total. The first-order valence-electron chi connectivity index (χ1n) is 12.5. The number of aryl methyl sites for hydroxylation is 1. The molecule has 0 aromatic carbocycles. The van der Waals surface area contributed by atoms with E-state index < -0.39 is 15.9 Å². The number of aromatic nitrogens is 3. The third kappa shape index (κ3) is 5.72. The van der Waals surface area contributed by atoms with Crippen LogP contribution in [0.25, 0.3) is 11.3 Å². The van der Waals surface area contributed by atoms with Gasteiger partial charge in [-0.1, -0.05) is 13.0 Å². The van der Waals surface area contributed by atoms with E-state index in [-0.39, 0.29) is 28.1 Å². The number of ether oxygens (including phenoxy) is 1. The number of sulfonamides is 1. The molecule has 202 valence electrons. The van der Waals surface area contributed by atoms with E-state index in [1.54, 1.807) is 18.3 Å². The lowest BCUT2D eigenvalue weighted by Gasteiger charge is -2.34. The van der Waals surface area contributed by atoms with E-state index in [9.17, 15) is 13.2 Å². The van der Waals surface area contributed by atoms with Crippen molar-refractivity contribution >= 4 is 27.6 Å². The van der Waals surface area contributed by atoms with Crippen LogP contribution in [0.15, 0.2) is 47.6 Å². The molecular weight excluding hydrogens is 504 g/mol. The average molecular weight is 539 g/mol. The molecule has 1 atom stereocenters. The van der Waals surface area contributed by atoms with Gasteiger partial charge in [0.2, 0.25) is 5.88 Å². The SMILES string of the molecule is Cc1cc(C(=O)NS(=O)(=O)c2cccc(N)n2)c(N2CC(C)CC2(C)C)nc1-c1ccc(OC(C)C)nc1. The van der Waals surface area contributed by atoms with E-state index >= 15 is 0 Å². The molecule has 3 aromatic rings. The van der Waals surface area contributed by atoms with E-state index in [2.05, 4.69) is 40.4 Å². The van der Waals surface area contributed by atoms with Crippen molar-refractivity contribution in [3.8, 4) is 17.1 Å². The van der Waals surface area contributed by atoms with E-state index in [4.69, 9.17) is 15.5 Å². The highest BCUT2D eigenvalue weighted by Crippen LogP contribution is 2.39. The molecule has 4 rings (SSSR count). The van der Waals surface area contributed by atoms with Crippen LogP contribution in [0.3, 0.4) is 0 Å². The standard InChI is InChI=1S/C27H34N6O4S/c1-16(2)37-22-11-10-19(14-29-22)24-18(4)12-20(25(31-24)33-15-17(3)13-27(33,5)6)26(34)32-38(35,36)23-9-7-8-21(28)30-23/h7-12,14,16-17H,13,15H2,1-6H3,(H2,28,30)(H,32,34). The average Bonchev–Trinajstić information content (AvgIpc) is 3.10. The zero-order valence-corrected chi connectivity index (χ0v) is 23.3. The maximum Gasteiger partial charge on any atom is 0.281 e. The Kier molecular flexibility index (Phi) is 7.33. The van der Waals surface area contributed by atoms with Gasteiger partial charge in [0.25, 0.3) is 15.9 Å². The molecule has 38 heavy (non-hydrogen) atoms. The van der Waals surface area contributed by atoms with Gasteiger partial charge in [0.15, 0.2) is 5.03 Å². The van der Waals surface area contributed by atoms with Crippen LogP contribution in [-0.2, 0) is 10.0 Å². The number of carbonyl (C=O) groups excluding carboxylic acids is 1. The van der Waals surface area contributed by atoms with Crippen molar-refractivity contribution in [2.24, 2.45) is 5.92 Å². The molecule has 10 nitrogen and oxygen atoms in total. The van der Waals surface area contributed by atoms with Gasteiger partial charge in [-0.05, 0) is 76.8 Å².